The van der Waals surface area contributed by atoms with Gasteiger partial charge in [0.2, 0.25) is 0 Å². The molecule has 1 N–H and O–H groups in total. The van der Waals surface area contributed by atoms with Crippen molar-refractivity contribution in [3.63, 3.8) is 0 Å². The number of ether oxygens (including phenoxy) is 2. The van der Waals surface area contributed by atoms with E-state index in [2.05, 4.69) is 22.0 Å². The van der Waals surface area contributed by atoms with E-state index in [9.17, 15) is 9.18 Å². The van der Waals surface area contributed by atoms with Crippen LogP contribution in [-0.4, -0.2) is 34.6 Å². The third-order valence-electron chi connectivity index (χ3n) is 6.52. The van der Waals surface area contributed by atoms with Gasteiger partial charge in [0.1, 0.15) is 16.5 Å². The van der Waals surface area contributed by atoms with Crippen LogP contribution in [0.1, 0.15) is 36.7 Å². The third kappa shape index (κ3) is 3.97. The Morgan fingerprint density at radius 3 is 2.76 bits per heavy atom. The Kier molecular flexibility index (Phi) is 5.55. The molecule has 2 aliphatic heterocycles. The van der Waals surface area contributed by atoms with E-state index in [-0.39, 0.29) is 17.4 Å². The lowest BCUT2D eigenvalue weighted by molar-refractivity contribution is 0.241. The molecule has 174 valence electrons. The zero-order valence-corrected chi connectivity index (χ0v) is 19.4. The SMILES string of the molecule is O=c1[nH]c(CN2CCC[C@@H]2c2ccc3c(c2)OCCCO3)nc2scc(-c3ccc(F)cc3)c12. The highest BCUT2D eigenvalue weighted by molar-refractivity contribution is 7.17. The van der Waals surface area contributed by atoms with E-state index in [0.29, 0.717) is 35.8 Å². The third-order valence-corrected chi connectivity index (χ3v) is 7.39. The summed E-state index contributed by atoms with van der Waals surface area (Å²) in [6.07, 6.45) is 3.01. The zero-order chi connectivity index (χ0) is 23.1. The monoisotopic (exact) mass is 477 g/mol. The highest BCUT2D eigenvalue weighted by atomic mass is 32.1. The molecule has 4 heterocycles. The van der Waals surface area contributed by atoms with Crippen LogP contribution < -0.4 is 15.0 Å². The van der Waals surface area contributed by atoms with Gasteiger partial charge in [-0.15, -0.1) is 11.3 Å². The molecule has 0 bridgehead atoms. The summed E-state index contributed by atoms with van der Waals surface area (Å²) in [4.78, 5) is 23.9. The van der Waals surface area contributed by atoms with Crippen molar-refractivity contribution in [2.75, 3.05) is 19.8 Å². The normalized spacial score (nSPS) is 18.3. The van der Waals surface area contributed by atoms with Crippen LogP contribution in [0.15, 0.2) is 52.6 Å². The van der Waals surface area contributed by atoms with E-state index < -0.39 is 0 Å². The summed E-state index contributed by atoms with van der Waals surface area (Å²) in [5, 5.41) is 2.47. The standard InChI is InChI=1S/C26H24FN3O3S/c27-18-7-4-16(5-8-18)19-15-34-26-24(19)25(31)28-23(29-26)14-30-10-1-3-20(30)17-6-9-21-22(13-17)33-12-2-11-32-21/h4-9,13,15,20H,1-3,10-12,14H2,(H,28,29,31)/t20-/m1/s1. The number of benzene rings is 2. The predicted octanol–water partition coefficient (Wildman–Crippen LogP) is 5.29. The van der Waals surface area contributed by atoms with Gasteiger partial charge >= 0.3 is 0 Å². The number of hydrogen-bond acceptors (Lipinski definition) is 6. The Labute approximate surface area is 200 Å². The van der Waals surface area contributed by atoms with Gasteiger partial charge in [0.15, 0.2) is 11.5 Å². The number of rotatable bonds is 4. The van der Waals surface area contributed by atoms with Gasteiger partial charge in [-0.25, -0.2) is 9.37 Å². The zero-order valence-electron chi connectivity index (χ0n) is 18.6. The Morgan fingerprint density at radius 2 is 1.91 bits per heavy atom. The smallest absolute Gasteiger partial charge is 0.260 e. The number of thiophene rings is 1. The molecule has 8 heteroatoms. The van der Waals surface area contributed by atoms with E-state index in [4.69, 9.17) is 14.5 Å². The van der Waals surface area contributed by atoms with Gasteiger partial charge in [-0.05, 0) is 54.8 Å². The summed E-state index contributed by atoms with van der Waals surface area (Å²) in [5.41, 5.74) is 2.63. The number of aromatic nitrogens is 2. The van der Waals surface area contributed by atoms with Crippen molar-refractivity contribution in [3.05, 3.63) is 75.4 Å². The van der Waals surface area contributed by atoms with Gasteiger partial charge in [-0.1, -0.05) is 18.2 Å². The summed E-state index contributed by atoms with van der Waals surface area (Å²) < 4.78 is 25.0. The Balaban J connectivity index is 1.27. The molecule has 34 heavy (non-hydrogen) atoms. The summed E-state index contributed by atoms with van der Waals surface area (Å²) in [6, 6.07) is 12.6. The van der Waals surface area contributed by atoms with Crippen molar-refractivity contribution in [2.45, 2.75) is 31.8 Å². The second-order valence-corrected chi connectivity index (χ2v) is 9.59. The Bertz CT molecular complexity index is 1400. The maximum Gasteiger partial charge on any atom is 0.260 e. The number of H-pyrrole nitrogens is 1. The number of halogens is 1. The first kappa shape index (κ1) is 21.3. The van der Waals surface area contributed by atoms with Crippen molar-refractivity contribution in [2.24, 2.45) is 0 Å². The largest absolute Gasteiger partial charge is 0.490 e. The molecule has 2 aromatic carbocycles. The fraction of sp³-hybridized carbons (Fsp3) is 0.308. The molecule has 0 aliphatic carbocycles. The van der Waals surface area contributed by atoms with Crippen molar-refractivity contribution in [3.8, 4) is 22.6 Å². The summed E-state index contributed by atoms with van der Waals surface area (Å²) >= 11 is 1.44. The van der Waals surface area contributed by atoms with E-state index in [1.54, 1.807) is 12.1 Å². The number of aromatic amines is 1. The molecule has 1 atom stereocenters. The molecule has 0 radical (unpaired) electrons. The maximum absolute atomic E-state index is 13.3. The fourth-order valence-corrected chi connectivity index (χ4v) is 5.85. The van der Waals surface area contributed by atoms with Gasteiger partial charge in [0.25, 0.3) is 5.56 Å². The molecule has 2 aromatic heterocycles. The maximum atomic E-state index is 13.3. The molecule has 6 nitrogen and oxygen atoms in total. The molecule has 0 amide bonds. The number of nitrogens with one attached hydrogen (secondary N) is 1. The molecule has 0 unspecified atom stereocenters. The molecule has 6 rings (SSSR count). The van der Waals surface area contributed by atoms with E-state index in [1.165, 1.54) is 29.0 Å². The van der Waals surface area contributed by atoms with Gasteiger partial charge in [-0.3, -0.25) is 9.69 Å². The molecule has 4 aromatic rings. The molecule has 1 fully saturated rings. The van der Waals surface area contributed by atoms with Crippen LogP contribution in [0.5, 0.6) is 11.5 Å². The van der Waals surface area contributed by atoms with Crippen LogP contribution in [0, 0.1) is 5.82 Å². The van der Waals surface area contributed by atoms with Gasteiger partial charge < -0.3 is 14.5 Å². The predicted molar refractivity (Wildman–Crippen MR) is 130 cm³/mol. The van der Waals surface area contributed by atoms with E-state index >= 15 is 0 Å². The minimum atomic E-state index is -0.300. The fourth-order valence-electron chi connectivity index (χ4n) is 4.88. The average Bonchev–Trinajstić information content (AvgIpc) is 3.40. The number of hydrogen-bond donors (Lipinski definition) is 1. The highest BCUT2D eigenvalue weighted by Crippen LogP contribution is 2.38. The van der Waals surface area contributed by atoms with E-state index in [0.717, 1.165) is 48.4 Å². The van der Waals surface area contributed by atoms with Gasteiger partial charge in [0, 0.05) is 23.4 Å². The first-order chi connectivity index (χ1) is 16.7. The molecule has 0 spiro atoms. The van der Waals surface area contributed by atoms with Crippen molar-refractivity contribution in [1.29, 1.82) is 0 Å². The minimum Gasteiger partial charge on any atom is -0.490 e. The van der Waals surface area contributed by atoms with Crippen molar-refractivity contribution >= 4 is 21.6 Å². The molecule has 2 aliphatic rings. The van der Waals surface area contributed by atoms with Crippen molar-refractivity contribution in [1.82, 2.24) is 14.9 Å². The molecule has 0 saturated carbocycles. The van der Waals surface area contributed by atoms with Crippen LogP contribution in [0.3, 0.4) is 0 Å². The first-order valence-corrected chi connectivity index (χ1v) is 12.4. The Hall–Kier alpha value is -3.23. The highest BCUT2D eigenvalue weighted by Gasteiger charge is 2.28. The van der Waals surface area contributed by atoms with Crippen LogP contribution in [0.25, 0.3) is 21.3 Å². The number of nitrogens with zero attached hydrogens (tertiary/aromatic N) is 2. The summed E-state index contributed by atoms with van der Waals surface area (Å²) in [5.74, 6) is 1.97. The lowest BCUT2D eigenvalue weighted by atomic mass is 10.0. The van der Waals surface area contributed by atoms with Crippen LogP contribution in [-0.2, 0) is 6.54 Å². The quantitative estimate of drug-likeness (QED) is 0.433. The molecular weight excluding hydrogens is 453 g/mol. The topological polar surface area (TPSA) is 67.5 Å². The lowest BCUT2D eigenvalue weighted by Crippen LogP contribution is -2.25. The van der Waals surface area contributed by atoms with E-state index in [1.807, 2.05) is 11.4 Å². The second kappa shape index (κ2) is 8.85. The van der Waals surface area contributed by atoms with Crippen molar-refractivity contribution < 1.29 is 13.9 Å². The van der Waals surface area contributed by atoms with Crippen LogP contribution in [0.2, 0.25) is 0 Å². The first-order valence-electron chi connectivity index (χ1n) is 11.6. The molecule has 1 saturated heterocycles. The minimum absolute atomic E-state index is 0.160. The lowest BCUT2D eigenvalue weighted by Gasteiger charge is -2.25. The molecular formula is C26H24FN3O3S. The van der Waals surface area contributed by atoms with Crippen LogP contribution in [0.4, 0.5) is 4.39 Å². The average molecular weight is 478 g/mol. The Morgan fingerprint density at radius 1 is 1.09 bits per heavy atom. The van der Waals surface area contributed by atoms with Gasteiger partial charge in [0.05, 0.1) is 25.1 Å². The summed E-state index contributed by atoms with van der Waals surface area (Å²) in [7, 11) is 0. The summed E-state index contributed by atoms with van der Waals surface area (Å²) in [6.45, 7) is 2.84. The second-order valence-electron chi connectivity index (χ2n) is 8.73. The number of fused-ring (bicyclic) bond motifs is 2. The number of likely N-dealkylation sites (tertiary alicyclic amines) is 1. The van der Waals surface area contributed by atoms with Crippen LogP contribution >= 0.6 is 11.3 Å². The van der Waals surface area contributed by atoms with Gasteiger partial charge in [-0.2, -0.15) is 0 Å².